The molecule has 0 fully saturated rings. The molecule has 1 aliphatic heterocycles. The second-order valence-corrected chi connectivity index (χ2v) is 7.59. The van der Waals surface area contributed by atoms with Crippen LogP contribution in [0, 0.1) is 5.41 Å². The smallest absolute Gasteiger partial charge is 0.265 e. The topological polar surface area (TPSA) is 67.0 Å². The van der Waals surface area contributed by atoms with Gasteiger partial charge in [0.05, 0.1) is 11.4 Å². The zero-order valence-electron chi connectivity index (χ0n) is 14.4. The van der Waals surface area contributed by atoms with Crippen molar-refractivity contribution in [2.75, 3.05) is 5.32 Å². The van der Waals surface area contributed by atoms with E-state index in [2.05, 4.69) is 29.4 Å². The van der Waals surface area contributed by atoms with Gasteiger partial charge in [0.25, 0.3) is 5.91 Å². The molecule has 0 saturated carbocycles. The maximum atomic E-state index is 12.0. The van der Waals surface area contributed by atoms with E-state index in [4.69, 9.17) is 4.74 Å². The number of nitrogens with one attached hydrogen (secondary N) is 2. The van der Waals surface area contributed by atoms with Gasteiger partial charge in [-0.3, -0.25) is 9.89 Å². The van der Waals surface area contributed by atoms with Gasteiger partial charge in [-0.15, -0.1) is 0 Å². The molecule has 0 spiro atoms. The second kappa shape index (κ2) is 5.36. The molecule has 4 rings (SSSR count). The number of hydrogen-bond donors (Lipinski definition) is 2. The minimum absolute atomic E-state index is 0.0760. The maximum Gasteiger partial charge on any atom is 0.265 e. The SMILES string of the molecule is CCC1Oc2ccc(-c3n[nH]c4c3CCC(C)(C)C4)cc2NC1=O. The van der Waals surface area contributed by atoms with Gasteiger partial charge in [0.1, 0.15) is 5.75 Å². The van der Waals surface area contributed by atoms with Gasteiger partial charge >= 0.3 is 0 Å². The summed E-state index contributed by atoms with van der Waals surface area (Å²) in [4.78, 5) is 12.0. The lowest BCUT2D eigenvalue weighted by Crippen LogP contribution is -2.36. The minimum Gasteiger partial charge on any atom is -0.478 e. The highest BCUT2D eigenvalue weighted by Crippen LogP contribution is 2.40. The lowest BCUT2D eigenvalue weighted by Gasteiger charge is -2.29. The van der Waals surface area contributed by atoms with Gasteiger partial charge in [-0.2, -0.15) is 5.10 Å². The van der Waals surface area contributed by atoms with Crippen molar-refractivity contribution >= 4 is 11.6 Å². The highest BCUT2D eigenvalue weighted by atomic mass is 16.5. The number of ether oxygens (including phenoxy) is 1. The first-order valence-electron chi connectivity index (χ1n) is 8.65. The third-order valence-corrected chi connectivity index (χ3v) is 5.10. The fourth-order valence-electron chi connectivity index (χ4n) is 3.65. The van der Waals surface area contributed by atoms with Gasteiger partial charge in [-0.1, -0.05) is 20.8 Å². The van der Waals surface area contributed by atoms with Crippen molar-refractivity contribution in [2.24, 2.45) is 5.41 Å². The Morgan fingerprint density at radius 2 is 2.21 bits per heavy atom. The summed E-state index contributed by atoms with van der Waals surface area (Å²) in [6.07, 6.45) is 3.49. The molecular weight excluding hydrogens is 302 g/mol. The van der Waals surface area contributed by atoms with E-state index in [1.165, 1.54) is 11.3 Å². The van der Waals surface area contributed by atoms with Crippen LogP contribution in [0.15, 0.2) is 18.2 Å². The number of nitrogens with zero attached hydrogens (tertiary/aromatic N) is 1. The third kappa shape index (κ3) is 2.48. The zero-order chi connectivity index (χ0) is 16.9. The monoisotopic (exact) mass is 325 g/mol. The quantitative estimate of drug-likeness (QED) is 0.884. The van der Waals surface area contributed by atoms with E-state index in [0.29, 0.717) is 11.8 Å². The number of aromatic amines is 1. The standard InChI is InChI=1S/C19H23N3O2/c1-4-15-18(23)20-13-9-11(5-6-16(13)24-15)17-12-7-8-19(2,3)10-14(12)21-22-17/h5-6,9,15H,4,7-8,10H2,1-3H3,(H,20,23)(H,21,22). The molecule has 2 heterocycles. The second-order valence-electron chi connectivity index (χ2n) is 7.59. The first kappa shape index (κ1) is 15.2. The molecule has 1 aromatic heterocycles. The van der Waals surface area contributed by atoms with Crippen molar-refractivity contribution in [3.8, 4) is 17.0 Å². The van der Waals surface area contributed by atoms with Crippen molar-refractivity contribution in [3.05, 3.63) is 29.5 Å². The van der Waals surface area contributed by atoms with E-state index in [-0.39, 0.29) is 5.91 Å². The molecule has 1 aliphatic carbocycles. The third-order valence-electron chi connectivity index (χ3n) is 5.10. The Morgan fingerprint density at radius 3 is 3.00 bits per heavy atom. The van der Waals surface area contributed by atoms with Crippen molar-refractivity contribution in [3.63, 3.8) is 0 Å². The number of anilines is 1. The molecular formula is C19H23N3O2. The number of benzene rings is 1. The van der Waals surface area contributed by atoms with Crippen molar-refractivity contribution in [2.45, 2.75) is 52.6 Å². The van der Waals surface area contributed by atoms with Gasteiger partial charge < -0.3 is 10.1 Å². The minimum atomic E-state index is -0.399. The summed E-state index contributed by atoms with van der Waals surface area (Å²) in [5, 5.41) is 10.7. The largest absolute Gasteiger partial charge is 0.478 e. The van der Waals surface area contributed by atoms with Gasteiger partial charge in [0, 0.05) is 16.8 Å². The first-order valence-corrected chi connectivity index (χ1v) is 8.65. The lowest BCUT2D eigenvalue weighted by atomic mass is 9.76. The van der Waals surface area contributed by atoms with Crippen LogP contribution in [-0.2, 0) is 17.6 Å². The molecule has 1 amide bonds. The molecule has 24 heavy (non-hydrogen) atoms. The van der Waals surface area contributed by atoms with Crippen LogP contribution in [0.1, 0.15) is 44.9 Å². The molecule has 5 nitrogen and oxygen atoms in total. The van der Waals surface area contributed by atoms with E-state index in [0.717, 1.165) is 42.0 Å². The molecule has 0 saturated heterocycles. The Bertz CT molecular complexity index is 807. The molecule has 1 unspecified atom stereocenters. The number of hydrogen-bond acceptors (Lipinski definition) is 3. The Hall–Kier alpha value is -2.30. The van der Waals surface area contributed by atoms with Gasteiger partial charge in [-0.25, -0.2) is 0 Å². The fourth-order valence-corrected chi connectivity index (χ4v) is 3.65. The summed E-state index contributed by atoms with van der Waals surface area (Å²) in [5.41, 5.74) is 5.62. The van der Waals surface area contributed by atoms with E-state index >= 15 is 0 Å². The maximum absolute atomic E-state index is 12.0. The van der Waals surface area contributed by atoms with Gasteiger partial charge in [0.2, 0.25) is 0 Å². The van der Waals surface area contributed by atoms with Crippen LogP contribution in [0.5, 0.6) is 5.75 Å². The van der Waals surface area contributed by atoms with Gasteiger partial charge in [-0.05, 0) is 49.3 Å². The summed E-state index contributed by atoms with van der Waals surface area (Å²) < 4.78 is 5.77. The highest BCUT2D eigenvalue weighted by molar-refractivity contribution is 5.98. The van der Waals surface area contributed by atoms with Gasteiger partial charge in [0.15, 0.2) is 6.10 Å². The van der Waals surface area contributed by atoms with Crippen LogP contribution in [0.2, 0.25) is 0 Å². The molecule has 5 heteroatoms. The predicted molar refractivity (Wildman–Crippen MR) is 93.2 cm³/mol. The van der Waals surface area contributed by atoms with Crippen LogP contribution in [0.3, 0.4) is 0 Å². The van der Waals surface area contributed by atoms with Crippen LogP contribution in [0.25, 0.3) is 11.3 Å². The molecule has 2 aromatic rings. The molecule has 0 radical (unpaired) electrons. The van der Waals surface area contributed by atoms with Crippen LogP contribution in [-0.4, -0.2) is 22.2 Å². The number of carbonyl (C=O) groups excluding carboxylic acids is 1. The highest BCUT2D eigenvalue weighted by Gasteiger charge is 2.30. The summed E-state index contributed by atoms with van der Waals surface area (Å²) >= 11 is 0. The molecule has 2 aliphatic rings. The Kier molecular flexibility index (Phi) is 3.41. The van der Waals surface area contributed by atoms with Crippen molar-refractivity contribution in [1.29, 1.82) is 0 Å². The predicted octanol–water partition coefficient (Wildman–Crippen LogP) is 3.70. The molecule has 1 atom stereocenters. The lowest BCUT2D eigenvalue weighted by molar-refractivity contribution is -0.123. The molecule has 126 valence electrons. The zero-order valence-corrected chi connectivity index (χ0v) is 14.4. The Morgan fingerprint density at radius 1 is 1.38 bits per heavy atom. The van der Waals surface area contributed by atoms with Crippen LogP contribution in [0.4, 0.5) is 5.69 Å². The van der Waals surface area contributed by atoms with E-state index in [1.54, 1.807) is 0 Å². The number of rotatable bonds is 2. The van der Waals surface area contributed by atoms with Crippen molar-refractivity contribution < 1.29 is 9.53 Å². The summed E-state index contributed by atoms with van der Waals surface area (Å²) in [5.74, 6) is 0.656. The Balaban J connectivity index is 1.69. The number of fused-ring (bicyclic) bond motifs is 2. The van der Waals surface area contributed by atoms with E-state index in [1.807, 2.05) is 25.1 Å². The molecule has 0 bridgehead atoms. The number of aromatic nitrogens is 2. The first-order chi connectivity index (χ1) is 11.5. The number of amides is 1. The average molecular weight is 325 g/mol. The molecule has 2 N–H and O–H groups in total. The average Bonchev–Trinajstić information content (AvgIpc) is 2.95. The summed E-state index contributed by atoms with van der Waals surface area (Å²) in [7, 11) is 0. The summed E-state index contributed by atoms with van der Waals surface area (Å²) in [6.45, 7) is 6.54. The van der Waals surface area contributed by atoms with E-state index < -0.39 is 6.10 Å². The van der Waals surface area contributed by atoms with E-state index in [9.17, 15) is 4.79 Å². The molecule has 1 aromatic carbocycles. The Labute approximate surface area is 141 Å². The fraction of sp³-hybridized carbons (Fsp3) is 0.474. The number of carbonyl (C=O) groups is 1. The van der Waals surface area contributed by atoms with Crippen molar-refractivity contribution in [1.82, 2.24) is 10.2 Å². The van der Waals surface area contributed by atoms with Crippen LogP contribution >= 0.6 is 0 Å². The normalized spacial score (nSPS) is 21.5. The number of H-pyrrole nitrogens is 1. The summed E-state index contributed by atoms with van der Waals surface area (Å²) in [6, 6.07) is 5.93. The van der Waals surface area contributed by atoms with Crippen LogP contribution < -0.4 is 10.1 Å².